The highest BCUT2D eigenvalue weighted by Crippen LogP contribution is 2.29. The van der Waals surface area contributed by atoms with E-state index < -0.39 is 6.61 Å². The summed E-state index contributed by atoms with van der Waals surface area (Å²) < 4.78 is 37.1. The van der Waals surface area contributed by atoms with Crippen LogP contribution in [0.3, 0.4) is 0 Å². The zero-order valence-electron chi connectivity index (χ0n) is 25.1. The van der Waals surface area contributed by atoms with Gasteiger partial charge in [0.05, 0.1) is 27.4 Å². The Morgan fingerprint density at radius 3 is 2.32 bits per heavy atom. The third-order valence-electron chi connectivity index (χ3n) is 7.85. The van der Waals surface area contributed by atoms with Gasteiger partial charge in [0.15, 0.2) is 0 Å². The van der Waals surface area contributed by atoms with Crippen LogP contribution in [0.4, 0.5) is 14.5 Å². The van der Waals surface area contributed by atoms with Crippen LogP contribution >= 0.6 is 23.2 Å². The van der Waals surface area contributed by atoms with Crippen LogP contribution in [0.2, 0.25) is 10.0 Å². The lowest BCUT2D eigenvalue weighted by atomic mass is 10.2. The molecular weight excluding hydrogens is 651 g/mol. The number of benzene rings is 3. The number of ether oxygens (including phenoxy) is 2. The van der Waals surface area contributed by atoms with Gasteiger partial charge in [-0.05, 0) is 60.2 Å². The minimum atomic E-state index is -2.85. The highest BCUT2D eigenvalue weighted by molar-refractivity contribution is 6.42. The summed E-state index contributed by atoms with van der Waals surface area (Å²) in [6.07, 6.45) is 1.49. The first-order valence-electron chi connectivity index (χ1n) is 14.7. The van der Waals surface area contributed by atoms with Crippen molar-refractivity contribution in [3.05, 3.63) is 112 Å². The van der Waals surface area contributed by atoms with Crippen LogP contribution in [-0.4, -0.2) is 64.0 Å². The number of carbonyl (C=O) groups excluding carboxylic acids is 2. The second-order valence-corrected chi connectivity index (χ2v) is 11.8. The predicted molar refractivity (Wildman–Crippen MR) is 176 cm³/mol. The number of amides is 2. The molecule has 0 unspecified atom stereocenters. The lowest BCUT2D eigenvalue weighted by molar-refractivity contribution is -0.0498. The van der Waals surface area contributed by atoms with E-state index in [2.05, 4.69) is 19.9 Å². The molecule has 242 valence electrons. The number of hydrogen-bond donors (Lipinski definition) is 1. The fraction of sp³-hybridized carbons (Fsp3) is 0.206. The van der Waals surface area contributed by atoms with E-state index in [-0.39, 0.29) is 22.6 Å². The molecule has 5 aromatic rings. The average Bonchev–Trinajstić information content (AvgIpc) is 3.39. The maximum absolute atomic E-state index is 13.5. The Balaban J connectivity index is 1.05. The molecule has 2 amide bonds. The predicted octanol–water partition coefficient (Wildman–Crippen LogP) is 7.48. The summed E-state index contributed by atoms with van der Waals surface area (Å²) in [5, 5.41) is 4.31. The molecule has 0 radical (unpaired) electrons. The summed E-state index contributed by atoms with van der Waals surface area (Å²) in [7, 11) is 1.85. The number of nitrogens with zero attached hydrogens (tertiary/aromatic N) is 4. The molecule has 6 rings (SSSR count). The standard InChI is InChI=1S/C34H29Cl2F2N5O4/c1-41-29-18-26(46-31-11-6-24(19-39-31)40-32(44)23-5-10-27(35)28(36)16-23)9-4-22(29)17-30(41)33(45)43-14-12-42(13-15-43)20-21-2-7-25(8-3-21)47-34(37)38/h2-11,16-19,34H,12-15,20H2,1H3,(H,40,44). The van der Waals surface area contributed by atoms with Gasteiger partial charge in [0, 0.05) is 62.9 Å². The smallest absolute Gasteiger partial charge is 0.387 e. The molecule has 1 aliphatic rings. The van der Waals surface area contributed by atoms with E-state index in [0.29, 0.717) is 66.3 Å². The summed E-state index contributed by atoms with van der Waals surface area (Å²) in [5.41, 5.74) is 3.22. The number of aryl methyl sites for hydroxylation is 1. The Labute approximate surface area is 279 Å². The number of halogens is 4. The van der Waals surface area contributed by atoms with E-state index in [1.165, 1.54) is 24.4 Å². The SMILES string of the molecule is Cn1c(C(=O)N2CCN(Cc3ccc(OC(F)F)cc3)CC2)cc2ccc(Oc3ccc(NC(=O)c4ccc(Cl)c(Cl)c4)cn3)cc21. The number of pyridine rings is 1. The molecule has 1 aliphatic heterocycles. The van der Waals surface area contributed by atoms with Gasteiger partial charge in [-0.25, -0.2) is 4.98 Å². The Morgan fingerprint density at radius 2 is 1.64 bits per heavy atom. The van der Waals surface area contributed by atoms with E-state index >= 15 is 0 Å². The number of piperazine rings is 1. The quantitative estimate of drug-likeness (QED) is 0.174. The summed E-state index contributed by atoms with van der Waals surface area (Å²) in [4.78, 5) is 34.4. The third-order valence-corrected chi connectivity index (χ3v) is 8.59. The molecule has 9 nitrogen and oxygen atoms in total. The van der Waals surface area contributed by atoms with Crippen molar-refractivity contribution in [2.24, 2.45) is 7.05 Å². The number of fused-ring (bicyclic) bond motifs is 1. The van der Waals surface area contributed by atoms with E-state index in [0.717, 1.165) is 16.5 Å². The Bertz CT molecular complexity index is 1910. The van der Waals surface area contributed by atoms with Gasteiger partial charge in [0.1, 0.15) is 17.2 Å². The van der Waals surface area contributed by atoms with Crippen molar-refractivity contribution in [2.45, 2.75) is 13.2 Å². The molecule has 2 aromatic heterocycles. The van der Waals surface area contributed by atoms with Crippen molar-refractivity contribution < 1.29 is 27.8 Å². The Hall–Kier alpha value is -4.71. The first-order chi connectivity index (χ1) is 22.6. The fourth-order valence-corrected chi connectivity index (χ4v) is 5.66. The summed E-state index contributed by atoms with van der Waals surface area (Å²) in [5.74, 6) is 0.592. The monoisotopic (exact) mass is 679 g/mol. The van der Waals surface area contributed by atoms with E-state index in [1.54, 1.807) is 36.4 Å². The van der Waals surface area contributed by atoms with Crippen molar-refractivity contribution >= 4 is 51.6 Å². The van der Waals surface area contributed by atoms with Gasteiger partial charge in [0.25, 0.3) is 11.8 Å². The van der Waals surface area contributed by atoms with Gasteiger partial charge >= 0.3 is 6.61 Å². The van der Waals surface area contributed by atoms with Crippen LogP contribution in [-0.2, 0) is 13.6 Å². The molecule has 0 saturated carbocycles. The van der Waals surface area contributed by atoms with Crippen LogP contribution in [0.25, 0.3) is 10.9 Å². The number of carbonyl (C=O) groups is 2. The first-order valence-corrected chi connectivity index (χ1v) is 15.4. The number of hydrogen-bond acceptors (Lipinski definition) is 6. The fourth-order valence-electron chi connectivity index (χ4n) is 5.36. The van der Waals surface area contributed by atoms with Crippen molar-refractivity contribution in [2.75, 3.05) is 31.5 Å². The van der Waals surface area contributed by atoms with Crippen LogP contribution in [0.15, 0.2) is 85.1 Å². The van der Waals surface area contributed by atoms with Crippen molar-refractivity contribution in [3.8, 4) is 17.4 Å². The summed E-state index contributed by atoms with van der Waals surface area (Å²) in [6.45, 7) is 0.310. The molecule has 47 heavy (non-hydrogen) atoms. The van der Waals surface area contributed by atoms with Crippen LogP contribution in [0.5, 0.6) is 17.4 Å². The van der Waals surface area contributed by atoms with Crippen LogP contribution in [0.1, 0.15) is 26.4 Å². The lowest BCUT2D eigenvalue weighted by Gasteiger charge is -2.34. The molecular formula is C34H29Cl2F2N5O4. The van der Waals surface area contributed by atoms with Gasteiger partial charge in [0.2, 0.25) is 5.88 Å². The molecule has 0 spiro atoms. The molecule has 0 bridgehead atoms. The first kappa shape index (κ1) is 32.2. The van der Waals surface area contributed by atoms with Crippen LogP contribution < -0.4 is 14.8 Å². The number of alkyl halides is 2. The maximum Gasteiger partial charge on any atom is 0.387 e. The van der Waals surface area contributed by atoms with Gasteiger partial charge in [-0.1, -0.05) is 35.3 Å². The molecule has 13 heteroatoms. The van der Waals surface area contributed by atoms with Crippen molar-refractivity contribution in [1.82, 2.24) is 19.4 Å². The summed E-state index contributed by atoms with van der Waals surface area (Å²) in [6, 6.07) is 22.0. The molecule has 1 fully saturated rings. The minimum absolute atomic E-state index is 0.0560. The molecule has 1 N–H and O–H groups in total. The largest absolute Gasteiger partial charge is 0.439 e. The number of nitrogens with one attached hydrogen (secondary N) is 1. The van der Waals surface area contributed by atoms with Gasteiger partial charge in [-0.3, -0.25) is 14.5 Å². The lowest BCUT2D eigenvalue weighted by Crippen LogP contribution is -2.48. The number of rotatable bonds is 9. The zero-order valence-corrected chi connectivity index (χ0v) is 26.6. The van der Waals surface area contributed by atoms with Crippen molar-refractivity contribution in [1.29, 1.82) is 0 Å². The average molecular weight is 681 g/mol. The topological polar surface area (TPSA) is 88.9 Å². The summed E-state index contributed by atoms with van der Waals surface area (Å²) >= 11 is 11.9. The molecule has 0 aliphatic carbocycles. The molecule has 1 saturated heterocycles. The van der Waals surface area contributed by atoms with E-state index in [1.807, 2.05) is 40.8 Å². The Morgan fingerprint density at radius 1 is 0.894 bits per heavy atom. The van der Waals surface area contributed by atoms with E-state index in [4.69, 9.17) is 27.9 Å². The normalized spacial score (nSPS) is 13.6. The second-order valence-electron chi connectivity index (χ2n) is 11.0. The molecule has 3 aromatic carbocycles. The molecule has 3 heterocycles. The zero-order chi connectivity index (χ0) is 33.1. The Kier molecular flexibility index (Phi) is 9.58. The van der Waals surface area contributed by atoms with E-state index in [9.17, 15) is 18.4 Å². The van der Waals surface area contributed by atoms with Crippen molar-refractivity contribution in [3.63, 3.8) is 0 Å². The third kappa shape index (κ3) is 7.65. The second kappa shape index (κ2) is 14.0. The van der Waals surface area contributed by atoms with Crippen LogP contribution in [0, 0.1) is 0 Å². The maximum atomic E-state index is 13.5. The highest BCUT2D eigenvalue weighted by atomic mass is 35.5. The number of anilines is 1. The number of aromatic nitrogens is 2. The highest BCUT2D eigenvalue weighted by Gasteiger charge is 2.25. The minimum Gasteiger partial charge on any atom is -0.439 e. The van der Waals surface area contributed by atoms with Gasteiger partial charge in [-0.2, -0.15) is 8.78 Å². The van der Waals surface area contributed by atoms with Gasteiger partial charge < -0.3 is 24.3 Å². The van der Waals surface area contributed by atoms with Gasteiger partial charge in [-0.15, -0.1) is 0 Å². The molecule has 0 atom stereocenters.